The number of thiazole rings is 1. The van der Waals surface area contributed by atoms with E-state index in [1.807, 2.05) is 5.51 Å². The van der Waals surface area contributed by atoms with Crippen molar-refractivity contribution in [3.8, 4) is 0 Å². The van der Waals surface area contributed by atoms with E-state index in [1.165, 1.54) is 24.2 Å². The van der Waals surface area contributed by atoms with Crippen molar-refractivity contribution in [3.63, 3.8) is 0 Å². The molecule has 0 amide bonds. The van der Waals surface area contributed by atoms with Gasteiger partial charge in [-0.25, -0.2) is 4.98 Å². The minimum Gasteiger partial charge on any atom is -0.363 e. The average molecular weight is 230 g/mol. The Morgan fingerprint density at radius 2 is 2.12 bits per heavy atom. The van der Waals surface area contributed by atoms with Gasteiger partial charge in [-0.2, -0.15) is 0 Å². The van der Waals surface area contributed by atoms with Crippen LogP contribution < -0.4 is 4.90 Å². The first-order valence-electron chi connectivity index (χ1n) is 5.65. The highest BCUT2D eigenvalue weighted by atomic mass is 32.1. The third kappa shape index (κ3) is 1.71. The van der Waals surface area contributed by atoms with Crippen LogP contribution in [0.25, 0.3) is 0 Å². The molecular weight excluding hydrogens is 216 g/mol. The Labute approximate surface area is 99.6 Å². The van der Waals surface area contributed by atoms with Gasteiger partial charge in [-0.05, 0) is 25.0 Å². The molecule has 0 spiro atoms. The molecule has 0 radical (unpaired) electrons. The Bertz CT molecular complexity index is 438. The first kappa shape index (κ1) is 9.85. The first-order valence-corrected chi connectivity index (χ1v) is 6.59. The topological polar surface area (TPSA) is 16.1 Å². The van der Waals surface area contributed by atoms with Crippen molar-refractivity contribution in [3.05, 3.63) is 46.9 Å². The van der Waals surface area contributed by atoms with Gasteiger partial charge in [0, 0.05) is 17.6 Å². The van der Waals surface area contributed by atoms with Gasteiger partial charge in [0.2, 0.25) is 0 Å². The van der Waals surface area contributed by atoms with Gasteiger partial charge in [0.1, 0.15) is 0 Å². The molecule has 1 aliphatic rings. The van der Waals surface area contributed by atoms with Crippen LogP contribution in [0.15, 0.2) is 41.2 Å². The quantitative estimate of drug-likeness (QED) is 0.785. The van der Waals surface area contributed by atoms with Gasteiger partial charge in [0.25, 0.3) is 0 Å². The molecular formula is C13H14N2S. The van der Waals surface area contributed by atoms with Crippen molar-refractivity contribution < 1.29 is 0 Å². The smallest absolute Gasteiger partial charge is 0.0795 e. The van der Waals surface area contributed by atoms with E-state index in [0.29, 0.717) is 6.04 Å². The number of hydrogen-bond donors (Lipinski definition) is 0. The second kappa shape index (κ2) is 4.26. The largest absolute Gasteiger partial charge is 0.363 e. The van der Waals surface area contributed by atoms with Crippen LogP contribution in [0.3, 0.4) is 0 Å². The summed E-state index contributed by atoms with van der Waals surface area (Å²) in [6.07, 6.45) is 2.48. The maximum Gasteiger partial charge on any atom is 0.0795 e. The minimum atomic E-state index is 0.480. The third-order valence-corrected chi connectivity index (χ3v) is 3.74. The van der Waals surface area contributed by atoms with E-state index in [1.54, 1.807) is 11.3 Å². The van der Waals surface area contributed by atoms with E-state index >= 15 is 0 Å². The lowest BCUT2D eigenvalue weighted by molar-refractivity contribution is 0.700. The molecule has 1 unspecified atom stereocenters. The van der Waals surface area contributed by atoms with Crippen LogP contribution in [0.4, 0.5) is 5.69 Å². The van der Waals surface area contributed by atoms with Crippen molar-refractivity contribution >= 4 is 17.0 Å². The summed E-state index contributed by atoms with van der Waals surface area (Å²) < 4.78 is 0. The zero-order chi connectivity index (χ0) is 10.8. The molecule has 0 bridgehead atoms. The minimum absolute atomic E-state index is 0.480. The predicted molar refractivity (Wildman–Crippen MR) is 67.9 cm³/mol. The maximum atomic E-state index is 4.45. The Balaban J connectivity index is 1.90. The molecule has 3 rings (SSSR count). The second-order valence-corrected chi connectivity index (χ2v) is 4.82. The molecule has 2 nitrogen and oxygen atoms in total. The lowest BCUT2D eigenvalue weighted by Crippen LogP contribution is -2.22. The van der Waals surface area contributed by atoms with E-state index in [0.717, 1.165) is 6.54 Å². The van der Waals surface area contributed by atoms with E-state index in [4.69, 9.17) is 0 Å². The first-order chi connectivity index (χ1) is 7.95. The molecule has 1 atom stereocenters. The van der Waals surface area contributed by atoms with Gasteiger partial charge in [-0.3, -0.25) is 0 Å². The molecule has 2 heterocycles. The summed E-state index contributed by atoms with van der Waals surface area (Å²) in [5, 5.41) is 2.17. The molecule has 82 valence electrons. The average Bonchev–Trinajstić information content (AvgIpc) is 3.01. The second-order valence-electron chi connectivity index (χ2n) is 4.10. The van der Waals surface area contributed by atoms with Gasteiger partial charge in [0.15, 0.2) is 0 Å². The number of benzene rings is 1. The number of nitrogens with zero attached hydrogens (tertiary/aromatic N) is 2. The van der Waals surface area contributed by atoms with Gasteiger partial charge < -0.3 is 4.90 Å². The number of hydrogen-bond acceptors (Lipinski definition) is 3. The van der Waals surface area contributed by atoms with Crippen molar-refractivity contribution in [2.24, 2.45) is 0 Å². The van der Waals surface area contributed by atoms with E-state index < -0.39 is 0 Å². The van der Waals surface area contributed by atoms with Crippen LogP contribution in [0, 0.1) is 0 Å². The SMILES string of the molecule is c1ccc(N2CCCC2c2cscn2)cc1. The van der Waals surface area contributed by atoms with Crippen LogP contribution in [0.2, 0.25) is 0 Å². The van der Waals surface area contributed by atoms with Crippen LogP contribution >= 0.6 is 11.3 Å². The van der Waals surface area contributed by atoms with Crippen LogP contribution in [-0.2, 0) is 0 Å². The summed E-state index contributed by atoms with van der Waals surface area (Å²) in [5.74, 6) is 0. The van der Waals surface area contributed by atoms with Crippen LogP contribution in [-0.4, -0.2) is 11.5 Å². The summed E-state index contributed by atoms with van der Waals surface area (Å²) in [5.41, 5.74) is 4.47. The molecule has 16 heavy (non-hydrogen) atoms. The van der Waals surface area contributed by atoms with Crippen molar-refractivity contribution in [2.45, 2.75) is 18.9 Å². The predicted octanol–water partition coefficient (Wildman–Crippen LogP) is 3.48. The highest BCUT2D eigenvalue weighted by Gasteiger charge is 2.27. The van der Waals surface area contributed by atoms with Crippen LogP contribution in [0.1, 0.15) is 24.6 Å². The van der Waals surface area contributed by atoms with E-state index in [9.17, 15) is 0 Å². The zero-order valence-corrected chi connectivity index (χ0v) is 9.86. The number of rotatable bonds is 2. The lowest BCUT2D eigenvalue weighted by Gasteiger charge is -2.25. The summed E-state index contributed by atoms with van der Waals surface area (Å²) in [4.78, 5) is 6.92. The van der Waals surface area contributed by atoms with Crippen molar-refractivity contribution in [1.29, 1.82) is 0 Å². The van der Waals surface area contributed by atoms with E-state index in [-0.39, 0.29) is 0 Å². The highest BCUT2D eigenvalue weighted by Crippen LogP contribution is 2.35. The van der Waals surface area contributed by atoms with Gasteiger partial charge in [-0.1, -0.05) is 18.2 Å². The maximum absolute atomic E-state index is 4.45. The number of anilines is 1. The molecule has 0 N–H and O–H groups in total. The van der Waals surface area contributed by atoms with Crippen molar-refractivity contribution in [2.75, 3.05) is 11.4 Å². The summed E-state index contributed by atoms with van der Waals surface area (Å²) in [6, 6.07) is 11.1. The Morgan fingerprint density at radius 1 is 1.25 bits per heavy atom. The Morgan fingerprint density at radius 3 is 2.88 bits per heavy atom. The monoisotopic (exact) mass is 230 g/mol. The van der Waals surface area contributed by atoms with E-state index in [2.05, 4.69) is 45.6 Å². The zero-order valence-electron chi connectivity index (χ0n) is 9.04. The molecule has 1 aromatic heterocycles. The fourth-order valence-corrected chi connectivity index (χ4v) is 2.99. The molecule has 3 heteroatoms. The summed E-state index contributed by atoms with van der Waals surface area (Å²) in [6.45, 7) is 1.15. The number of aromatic nitrogens is 1. The Kier molecular flexibility index (Phi) is 2.62. The van der Waals surface area contributed by atoms with Gasteiger partial charge in [-0.15, -0.1) is 11.3 Å². The van der Waals surface area contributed by atoms with Crippen molar-refractivity contribution in [1.82, 2.24) is 4.98 Å². The third-order valence-electron chi connectivity index (χ3n) is 3.13. The van der Waals surface area contributed by atoms with Gasteiger partial charge >= 0.3 is 0 Å². The standard InChI is InChI=1S/C13H14N2S/c1-2-5-11(6-3-1)15-8-4-7-13(15)12-9-16-10-14-12/h1-3,5-6,9-10,13H,4,7-8H2. The highest BCUT2D eigenvalue weighted by molar-refractivity contribution is 7.07. The normalized spacial score (nSPS) is 20.2. The summed E-state index contributed by atoms with van der Waals surface area (Å²) >= 11 is 1.69. The molecule has 1 saturated heterocycles. The lowest BCUT2D eigenvalue weighted by atomic mass is 10.1. The number of para-hydroxylation sites is 1. The summed E-state index contributed by atoms with van der Waals surface area (Å²) in [7, 11) is 0. The molecule has 1 aromatic carbocycles. The van der Waals surface area contributed by atoms with Crippen LogP contribution in [0.5, 0.6) is 0 Å². The van der Waals surface area contributed by atoms with Gasteiger partial charge in [0.05, 0.1) is 17.2 Å². The molecule has 2 aromatic rings. The molecule has 1 fully saturated rings. The molecule has 1 aliphatic heterocycles. The Hall–Kier alpha value is -1.35. The molecule has 0 saturated carbocycles. The fourth-order valence-electron chi connectivity index (χ4n) is 2.39. The fraction of sp³-hybridized carbons (Fsp3) is 0.308. The molecule has 0 aliphatic carbocycles.